The minimum absolute atomic E-state index is 0.0583. The van der Waals surface area contributed by atoms with Crippen LogP contribution >= 0.6 is 15.9 Å². The molecular weight excluding hydrogens is 590 g/mol. The van der Waals surface area contributed by atoms with Crippen molar-refractivity contribution in [1.29, 1.82) is 0 Å². The Hall–Kier alpha value is -3.17. The summed E-state index contributed by atoms with van der Waals surface area (Å²) in [7, 11) is -4.11. The molecule has 1 N–H and O–H groups in total. The summed E-state index contributed by atoms with van der Waals surface area (Å²) < 4.78 is 29.7. The number of anilines is 1. The van der Waals surface area contributed by atoms with Crippen LogP contribution in [-0.2, 0) is 26.2 Å². The van der Waals surface area contributed by atoms with Gasteiger partial charge in [0.25, 0.3) is 10.0 Å². The van der Waals surface area contributed by atoms with Crippen molar-refractivity contribution in [2.45, 2.75) is 71.0 Å². The number of amides is 2. The van der Waals surface area contributed by atoms with Crippen molar-refractivity contribution >= 4 is 43.5 Å². The summed E-state index contributed by atoms with van der Waals surface area (Å²) in [6, 6.07) is 20.2. The molecule has 0 aromatic heterocycles. The highest BCUT2D eigenvalue weighted by atomic mass is 79.9. The third-order valence-corrected chi connectivity index (χ3v) is 9.25. The van der Waals surface area contributed by atoms with Crippen molar-refractivity contribution in [3.8, 4) is 0 Å². The van der Waals surface area contributed by atoms with Gasteiger partial charge in [-0.1, -0.05) is 77.8 Å². The summed E-state index contributed by atoms with van der Waals surface area (Å²) in [6.07, 6.45) is 1.13. The standard InChI is InChI=1S/C31H38BrN3O4S/c1-6-24(5)33-31(37)29(7-2)34(20-25-12-9-8-11-23(25)4)30(36)21-35(27-14-10-13-26(32)19-27)40(38,39)28-17-15-22(3)16-18-28/h8-19,24,29H,6-7,20-21H2,1-5H3,(H,33,37). The highest BCUT2D eigenvalue weighted by molar-refractivity contribution is 9.10. The molecule has 0 spiro atoms. The second kappa shape index (κ2) is 13.9. The molecule has 0 heterocycles. The number of sulfonamides is 1. The maximum Gasteiger partial charge on any atom is 0.264 e. The smallest absolute Gasteiger partial charge is 0.264 e. The summed E-state index contributed by atoms with van der Waals surface area (Å²) in [4.78, 5) is 29.1. The van der Waals surface area contributed by atoms with E-state index in [4.69, 9.17) is 0 Å². The molecule has 3 aromatic rings. The third-order valence-electron chi connectivity index (χ3n) is 6.97. The molecule has 7 nitrogen and oxygen atoms in total. The molecule has 3 aromatic carbocycles. The van der Waals surface area contributed by atoms with Gasteiger partial charge >= 0.3 is 0 Å². The summed E-state index contributed by atoms with van der Waals surface area (Å²) in [5, 5.41) is 3.00. The van der Waals surface area contributed by atoms with Gasteiger partial charge in [0, 0.05) is 17.1 Å². The number of nitrogens with zero attached hydrogens (tertiary/aromatic N) is 2. The van der Waals surface area contributed by atoms with Gasteiger partial charge in [-0.2, -0.15) is 0 Å². The van der Waals surface area contributed by atoms with E-state index in [9.17, 15) is 18.0 Å². The van der Waals surface area contributed by atoms with Gasteiger partial charge in [-0.05, 0) is 75.1 Å². The molecule has 0 bridgehead atoms. The van der Waals surface area contributed by atoms with Gasteiger partial charge in [-0.25, -0.2) is 8.42 Å². The van der Waals surface area contributed by atoms with E-state index < -0.39 is 28.5 Å². The van der Waals surface area contributed by atoms with Crippen molar-refractivity contribution < 1.29 is 18.0 Å². The number of aryl methyl sites for hydroxylation is 2. The Labute approximate surface area is 246 Å². The van der Waals surface area contributed by atoms with E-state index in [2.05, 4.69) is 21.2 Å². The number of hydrogen-bond donors (Lipinski definition) is 1. The molecule has 9 heteroatoms. The zero-order valence-corrected chi connectivity index (χ0v) is 26.1. The first kappa shape index (κ1) is 31.4. The van der Waals surface area contributed by atoms with E-state index in [1.807, 2.05) is 58.9 Å². The molecular formula is C31H38BrN3O4S. The largest absolute Gasteiger partial charge is 0.352 e. The van der Waals surface area contributed by atoms with Crippen LogP contribution in [-0.4, -0.2) is 43.8 Å². The zero-order chi connectivity index (χ0) is 29.4. The van der Waals surface area contributed by atoms with Gasteiger partial charge in [0.2, 0.25) is 11.8 Å². The Bertz CT molecular complexity index is 1430. The van der Waals surface area contributed by atoms with Crippen molar-refractivity contribution in [3.05, 3.63) is 94.0 Å². The molecule has 0 aliphatic rings. The lowest BCUT2D eigenvalue weighted by Crippen LogP contribution is -2.53. The molecule has 0 aliphatic carbocycles. The van der Waals surface area contributed by atoms with E-state index in [0.717, 1.165) is 27.4 Å². The number of nitrogens with one attached hydrogen (secondary N) is 1. The van der Waals surface area contributed by atoms with E-state index in [-0.39, 0.29) is 23.4 Å². The molecule has 0 fully saturated rings. The quantitative estimate of drug-likeness (QED) is 0.267. The Balaban J connectivity index is 2.07. The Morgan fingerprint density at radius 3 is 2.20 bits per heavy atom. The summed E-state index contributed by atoms with van der Waals surface area (Å²) in [5.41, 5.74) is 3.14. The van der Waals surface area contributed by atoms with Crippen LogP contribution in [0.15, 0.2) is 82.2 Å². The van der Waals surface area contributed by atoms with E-state index in [1.54, 1.807) is 48.5 Å². The highest BCUT2D eigenvalue weighted by Crippen LogP contribution is 2.27. The van der Waals surface area contributed by atoms with Crippen LogP contribution in [0.3, 0.4) is 0 Å². The molecule has 0 radical (unpaired) electrons. The number of hydrogen-bond acceptors (Lipinski definition) is 4. The van der Waals surface area contributed by atoms with Crippen LogP contribution in [0, 0.1) is 13.8 Å². The second-order valence-corrected chi connectivity index (χ2v) is 12.8. The maximum absolute atomic E-state index is 14.1. The summed E-state index contributed by atoms with van der Waals surface area (Å²) >= 11 is 3.42. The second-order valence-electron chi connectivity index (χ2n) is 9.99. The molecule has 2 atom stereocenters. The molecule has 0 saturated carbocycles. The molecule has 0 aliphatic heterocycles. The van der Waals surface area contributed by atoms with Gasteiger partial charge < -0.3 is 10.2 Å². The lowest BCUT2D eigenvalue weighted by atomic mass is 10.1. The number of rotatable bonds is 12. The predicted octanol–water partition coefficient (Wildman–Crippen LogP) is 5.98. The van der Waals surface area contributed by atoms with Crippen molar-refractivity contribution in [1.82, 2.24) is 10.2 Å². The molecule has 0 saturated heterocycles. The minimum Gasteiger partial charge on any atom is -0.352 e. The van der Waals surface area contributed by atoms with Crippen LogP contribution in [0.2, 0.25) is 0 Å². The van der Waals surface area contributed by atoms with Crippen LogP contribution in [0.5, 0.6) is 0 Å². The third kappa shape index (κ3) is 7.73. The first-order chi connectivity index (χ1) is 19.0. The normalized spacial score (nSPS) is 12.8. The van der Waals surface area contributed by atoms with E-state index in [0.29, 0.717) is 16.6 Å². The SMILES string of the molecule is CCC(C)NC(=O)C(CC)N(Cc1ccccc1C)C(=O)CN(c1cccc(Br)c1)S(=O)(=O)c1ccc(C)cc1. The number of benzene rings is 3. The average molecular weight is 629 g/mol. The van der Waals surface area contributed by atoms with Crippen molar-refractivity contribution in [3.63, 3.8) is 0 Å². The Kier molecular flexibility index (Phi) is 10.9. The predicted molar refractivity (Wildman–Crippen MR) is 164 cm³/mol. The number of carbonyl (C=O) groups is 2. The highest BCUT2D eigenvalue weighted by Gasteiger charge is 2.34. The van der Waals surface area contributed by atoms with Gasteiger partial charge in [-0.15, -0.1) is 0 Å². The van der Waals surface area contributed by atoms with E-state index >= 15 is 0 Å². The average Bonchev–Trinajstić information content (AvgIpc) is 2.92. The van der Waals surface area contributed by atoms with Gasteiger partial charge in [0.1, 0.15) is 12.6 Å². The first-order valence-corrected chi connectivity index (χ1v) is 15.7. The lowest BCUT2D eigenvalue weighted by molar-refractivity contribution is -0.140. The number of carbonyl (C=O) groups excluding carboxylic acids is 2. The maximum atomic E-state index is 14.1. The minimum atomic E-state index is -4.11. The van der Waals surface area contributed by atoms with Crippen molar-refractivity contribution in [2.75, 3.05) is 10.8 Å². The number of halogens is 1. The molecule has 3 rings (SSSR count). The fourth-order valence-corrected chi connectivity index (χ4v) is 6.12. The van der Waals surface area contributed by atoms with Crippen LogP contribution in [0.4, 0.5) is 5.69 Å². The molecule has 2 amide bonds. The van der Waals surface area contributed by atoms with Crippen LogP contribution in [0.1, 0.15) is 50.3 Å². The van der Waals surface area contributed by atoms with Gasteiger partial charge in [0.05, 0.1) is 10.6 Å². The monoisotopic (exact) mass is 627 g/mol. The van der Waals surface area contributed by atoms with Crippen LogP contribution < -0.4 is 9.62 Å². The Morgan fingerprint density at radius 1 is 0.925 bits per heavy atom. The summed E-state index contributed by atoms with van der Waals surface area (Å²) in [5.74, 6) is -0.723. The fraction of sp³-hybridized carbons (Fsp3) is 0.355. The summed E-state index contributed by atoms with van der Waals surface area (Å²) in [6.45, 7) is 9.29. The van der Waals surface area contributed by atoms with Crippen molar-refractivity contribution in [2.24, 2.45) is 0 Å². The molecule has 40 heavy (non-hydrogen) atoms. The zero-order valence-electron chi connectivity index (χ0n) is 23.7. The van der Waals surface area contributed by atoms with Gasteiger partial charge in [-0.3, -0.25) is 13.9 Å². The van der Waals surface area contributed by atoms with Gasteiger partial charge in [0.15, 0.2) is 0 Å². The fourth-order valence-electron chi connectivity index (χ4n) is 4.33. The first-order valence-electron chi connectivity index (χ1n) is 13.5. The molecule has 2 unspecified atom stereocenters. The lowest BCUT2D eigenvalue weighted by Gasteiger charge is -2.34. The Morgan fingerprint density at radius 2 is 1.60 bits per heavy atom. The topological polar surface area (TPSA) is 86.8 Å². The van der Waals surface area contributed by atoms with E-state index in [1.165, 1.54) is 4.90 Å². The van der Waals surface area contributed by atoms with Crippen LogP contribution in [0.25, 0.3) is 0 Å². The molecule has 214 valence electrons.